The van der Waals surface area contributed by atoms with Crippen molar-refractivity contribution >= 4 is 23.3 Å². The minimum atomic E-state index is -0.923. The molecule has 7 heteroatoms. The number of anilines is 2. The van der Waals surface area contributed by atoms with Crippen molar-refractivity contribution in [2.24, 2.45) is 0 Å². The number of nitrogens with zero attached hydrogens (tertiary/aromatic N) is 2. The van der Waals surface area contributed by atoms with Gasteiger partial charge in [-0.1, -0.05) is 12.1 Å². The number of hydrogen-bond donors (Lipinski definition) is 0. The van der Waals surface area contributed by atoms with Gasteiger partial charge < -0.3 is 9.47 Å². The summed E-state index contributed by atoms with van der Waals surface area (Å²) in [5, 5.41) is 0. The molecule has 152 valence electrons. The predicted octanol–water partition coefficient (Wildman–Crippen LogP) is 4.56. The van der Waals surface area contributed by atoms with E-state index in [4.69, 9.17) is 9.47 Å². The number of rotatable bonds is 5. The topological polar surface area (TPSA) is 59.1 Å². The first-order valence-electron chi connectivity index (χ1n) is 9.24. The van der Waals surface area contributed by atoms with Gasteiger partial charge in [0.05, 0.1) is 19.9 Å². The molecule has 1 aliphatic heterocycles. The first kappa shape index (κ1) is 19.4. The zero-order valence-corrected chi connectivity index (χ0v) is 16.4. The van der Waals surface area contributed by atoms with Gasteiger partial charge >= 0.3 is 6.03 Å². The minimum Gasteiger partial charge on any atom is -0.497 e. The first-order chi connectivity index (χ1) is 14.5. The van der Waals surface area contributed by atoms with Crippen molar-refractivity contribution in [2.45, 2.75) is 6.04 Å². The lowest BCUT2D eigenvalue weighted by Crippen LogP contribution is -2.33. The van der Waals surface area contributed by atoms with Gasteiger partial charge in [0.1, 0.15) is 23.4 Å². The average Bonchev–Trinajstić information content (AvgIpc) is 3.04. The van der Waals surface area contributed by atoms with E-state index >= 15 is 0 Å². The maximum Gasteiger partial charge on any atom is 0.336 e. The number of urea groups is 1. The van der Waals surface area contributed by atoms with Gasteiger partial charge in [-0.05, 0) is 66.2 Å². The Bertz CT molecular complexity index is 1070. The molecule has 1 heterocycles. The molecule has 0 aromatic heterocycles. The van der Waals surface area contributed by atoms with Crippen molar-refractivity contribution in [2.75, 3.05) is 24.0 Å². The summed E-state index contributed by atoms with van der Waals surface area (Å²) in [5.74, 6) is 0.396. The molecule has 0 bridgehead atoms. The Kier molecular flexibility index (Phi) is 5.10. The zero-order chi connectivity index (χ0) is 21.3. The number of carbonyl (C=O) groups is 2. The molecular weight excluding hydrogens is 387 g/mol. The number of benzene rings is 3. The van der Waals surface area contributed by atoms with Crippen LogP contribution in [0.4, 0.5) is 20.6 Å². The molecule has 3 aromatic rings. The van der Waals surface area contributed by atoms with Gasteiger partial charge in [0, 0.05) is 5.69 Å². The quantitative estimate of drug-likeness (QED) is 0.583. The molecule has 0 spiro atoms. The van der Waals surface area contributed by atoms with Crippen molar-refractivity contribution in [1.29, 1.82) is 0 Å². The smallest absolute Gasteiger partial charge is 0.336 e. The Morgan fingerprint density at radius 2 is 1.23 bits per heavy atom. The van der Waals surface area contributed by atoms with Crippen LogP contribution in [-0.4, -0.2) is 26.2 Å². The van der Waals surface area contributed by atoms with Gasteiger partial charge in [-0.25, -0.2) is 14.1 Å². The van der Waals surface area contributed by atoms with Crippen LogP contribution < -0.4 is 19.3 Å². The molecule has 1 atom stereocenters. The van der Waals surface area contributed by atoms with Crippen LogP contribution in [-0.2, 0) is 4.79 Å². The number of carbonyl (C=O) groups excluding carboxylic acids is 2. The number of amides is 3. The second-order valence-electron chi connectivity index (χ2n) is 6.68. The lowest BCUT2D eigenvalue weighted by atomic mass is 10.0. The molecule has 0 aliphatic carbocycles. The normalized spacial score (nSPS) is 16.2. The zero-order valence-electron chi connectivity index (χ0n) is 16.4. The van der Waals surface area contributed by atoms with Crippen molar-refractivity contribution in [3.63, 3.8) is 0 Å². The fraction of sp³-hybridized carbons (Fsp3) is 0.130. The van der Waals surface area contributed by atoms with Crippen LogP contribution in [0, 0.1) is 5.82 Å². The van der Waals surface area contributed by atoms with E-state index in [1.807, 2.05) is 0 Å². The fourth-order valence-corrected chi connectivity index (χ4v) is 3.45. The largest absolute Gasteiger partial charge is 0.497 e. The molecule has 0 N–H and O–H groups in total. The average molecular weight is 406 g/mol. The van der Waals surface area contributed by atoms with Gasteiger partial charge in [0.25, 0.3) is 5.91 Å². The highest BCUT2D eigenvalue weighted by molar-refractivity contribution is 6.28. The highest BCUT2D eigenvalue weighted by Crippen LogP contribution is 2.38. The summed E-state index contributed by atoms with van der Waals surface area (Å²) in [6.45, 7) is 0. The molecule has 0 radical (unpaired) electrons. The molecule has 0 saturated carbocycles. The van der Waals surface area contributed by atoms with Gasteiger partial charge in [0.2, 0.25) is 0 Å². The highest BCUT2D eigenvalue weighted by atomic mass is 19.1. The van der Waals surface area contributed by atoms with E-state index in [1.54, 1.807) is 55.6 Å². The van der Waals surface area contributed by atoms with Crippen LogP contribution in [0.25, 0.3) is 0 Å². The van der Waals surface area contributed by atoms with Crippen LogP contribution in [0.2, 0.25) is 0 Å². The van der Waals surface area contributed by atoms with E-state index in [2.05, 4.69) is 0 Å². The standard InChI is InChI=1S/C23H19FN2O4/c1-29-19-11-7-17(8-12-19)25-21(15-3-5-16(24)6-4-15)22(27)26(23(25)28)18-9-13-20(30-2)14-10-18/h3-14,21H,1-2H3. The van der Waals surface area contributed by atoms with Crippen molar-refractivity contribution < 1.29 is 23.5 Å². The van der Waals surface area contributed by atoms with E-state index in [1.165, 1.54) is 36.3 Å². The Balaban J connectivity index is 1.80. The third kappa shape index (κ3) is 3.34. The predicted molar refractivity (Wildman–Crippen MR) is 110 cm³/mol. The van der Waals surface area contributed by atoms with Crippen LogP contribution in [0.15, 0.2) is 72.8 Å². The van der Waals surface area contributed by atoms with Gasteiger partial charge in [-0.3, -0.25) is 9.69 Å². The summed E-state index contributed by atoms with van der Waals surface area (Å²) in [6.07, 6.45) is 0. The van der Waals surface area contributed by atoms with Gasteiger partial charge in [0.15, 0.2) is 0 Å². The van der Waals surface area contributed by atoms with E-state index in [9.17, 15) is 14.0 Å². The molecule has 1 unspecified atom stereocenters. The molecular formula is C23H19FN2O4. The number of methoxy groups -OCH3 is 2. The van der Waals surface area contributed by atoms with Gasteiger partial charge in [-0.15, -0.1) is 0 Å². The maximum atomic E-state index is 13.5. The second-order valence-corrected chi connectivity index (χ2v) is 6.68. The summed E-state index contributed by atoms with van der Waals surface area (Å²) in [5.41, 5.74) is 1.47. The lowest BCUT2D eigenvalue weighted by molar-refractivity contribution is -0.118. The summed E-state index contributed by atoms with van der Waals surface area (Å²) >= 11 is 0. The molecule has 1 fully saturated rings. The number of imide groups is 1. The molecule has 3 aromatic carbocycles. The monoisotopic (exact) mass is 406 g/mol. The van der Waals surface area contributed by atoms with Crippen LogP contribution in [0.1, 0.15) is 11.6 Å². The Hall–Kier alpha value is -3.87. The van der Waals surface area contributed by atoms with Crippen LogP contribution in [0.5, 0.6) is 11.5 Å². The SMILES string of the molecule is COc1ccc(N2C(=O)C(c3ccc(F)cc3)N(c3ccc(OC)cc3)C2=O)cc1. The number of ether oxygens (including phenoxy) is 2. The summed E-state index contributed by atoms with van der Waals surface area (Å²) < 4.78 is 23.8. The molecule has 30 heavy (non-hydrogen) atoms. The van der Waals surface area contributed by atoms with Crippen molar-refractivity contribution in [1.82, 2.24) is 0 Å². The Morgan fingerprint density at radius 1 is 0.733 bits per heavy atom. The number of hydrogen-bond acceptors (Lipinski definition) is 4. The van der Waals surface area contributed by atoms with Gasteiger partial charge in [-0.2, -0.15) is 0 Å². The van der Waals surface area contributed by atoms with Crippen molar-refractivity contribution in [3.05, 3.63) is 84.2 Å². The first-order valence-corrected chi connectivity index (χ1v) is 9.24. The van der Waals surface area contributed by atoms with Crippen LogP contribution in [0.3, 0.4) is 0 Å². The molecule has 6 nitrogen and oxygen atoms in total. The Morgan fingerprint density at radius 3 is 1.73 bits per heavy atom. The van der Waals surface area contributed by atoms with E-state index in [0.29, 0.717) is 28.4 Å². The second kappa shape index (κ2) is 7.87. The van der Waals surface area contributed by atoms with Crippen molar-refractivity contribution in [3.8, 4) is 11.5 Å². The maximum absolute atomic E-state index is 13.5. The summed E-state index contributed by atoms with van der Waals surface area (Å²) in [7, 11) is 3.09. The highest BCUT2D eigenvalue weighted by Gasteiger charge is 2.47. The summed E-state index contributed by atoms with van der Waals surface area (Å²) in [4.78, 5) is 29.3. The third-order valence-corrected chi connectivity index (χ3v) is 4.98. The van der Waals surface area contributed by atoms with E-state index in [0.717, 1.165) is 4.90 Å². The summed E-state index contributed by atoms with van der Waals surface area (Å²) in [6, 6.07) is 17.6. The van der Waals surface area contributed by atoms with E-state index < -0.39 is 23.8 Å². The molecule has 3 amide bonds. The Labute approximate surface area is 173 Å². The molecule has 4 rings (SSSR count). The van der Waals surface area contributed by atoms with E-state index in [-0.39, 0.29) is 0 Å². The minimum absolute atomic E-state index is 0.418. The third-order valence-electron chi connectivity index (χ3n) is 4.98. The lowest BCUT2D eigenvalue weighted by Gasteiger charge is -2.22. The molecule has 1 aliphatic rings. The van der Waals surface area contributed by atoms with Crippen LogP contribution >= 0.6 is 0 Å². The molecule has 1 saturated heterocycles. The number of halogens is 1. The fourth-order valence-electron chi connectivity index (χ4n) is 3.45.